The van der Waals surface area contributed by atoms with Crippen LogP contribution in [0.4, 0.5) is 0 Å². The molecule has 78 valence electrons. The third-order valence-electron chi connectivity index (χ3n) is 0. The van der Waals surface area contributed by atoms with Crippen LogP contribution in [0, 0.1) is 0 Å². The van der Waals surface area contributed by atoms with Crippen molar-refractivity contribution >= 4 is 9.24 Å². The third kappa shape index (κ3) is 2520. The first-order chi connectivity index (χ1) is 1.00. The zero-order valence-electron chi connectivity index (χ0n) is 1.58. The molecule has 0 heterocycles. The lowest BCUT2D eigenvalue weighted by Crippen LogP contribution is -0.804. The van der Waals surface area contributed by atoms with Gasteiger partial charge in [-0.1, -0.05) is 66.1 Å². The molecule has 0 spiro atoms. The molecule has 0 saturated heterocycles. The Labute approximate surface area is 76.0 Å². The molecule has 0 N–H and O–H groups in total. The summed E-state index contributed by atoms with van der Waals surface area (Å²) in [6.07, 6.45) is 0. The third-order valence-corrected chi connectivity index (χ3v) is 0. The molecule has 0 aliphatic rings. The lowest BCUT2D eigenvalue weighted by atomic mass is 12.0. The second-order valence-electron chi connectivity index (χ2n) is 0. The zero-order valence-corrected chi connectivity index (χ0v) is 2.73. The molecule has 0 aromatic heterocycles. The highest BCUT2D eigenvalue weighted by Gasteiger charge is 0.906. The molecule has 1 unspecified atom stereocenters. The van der Waals surface area contributed by atoms with Crippen molar-refractivity contribution in [3.63, 3.8) is 0 Å². The van der Waals surface area contributed by atoms with Gasteiger partial charge in [0.1, 0.15) is 0 Å². The van der Waals surface area contributed by atoms with E-state index in [0.29, 0.717) is 0 Å². The van der Waals surface area contributed by atoms with Gasteiger partial charge in [-0.2, -0.15) is 0 Å². The summed E-state index contributed by atoms with van der Waals surface area (Å²) in [7, 11) is 2.42. The van der Waals surface area contributed by atoms with Crippen LogP contribution in [0.25, 0.3) is 0 Å². The summed E-state index contributed by atoms with van der Waals surface area (Å²) in [6.45, 7) is 1.92. The first-order valence-corrected chi connectivity index (χ1v) is 1.73. The van der Waals surface area contributed by atoms with E-state index in [4.69, 9.17) is 0 Å². The van der Waals surface area contributed by atoms with Crippen molar-refractivity contribution in [1.82, 2.24) is 0 Å². The molecule has 0 nitrogen and oxygen atoms in total. The Morgan fingerprint density at radius 3 is 0.400 bits per heavy atom. The van der Waals surface area contributed by atoms with Crippen molar-refractivity contribution in [2.75, 3.05) is 6.66 Å². The van der Waals surface area contributed by atoms with Gasteiger partial charge in [0.05, 0.1) is 0 Å². The Morgan fingerprint density at radius 1 is 0.400 bits per heavy atom. The fourth-order valence-electron chi connectivity index (χ4n) is 0. The van der Waals surface area contributed by atoms with Crippen LogP contribution in [0.5, 0.6) is 0 Å². The molecule has 0 aromatic rings. The first-order valence-electron chi connectivity index (χ1n) is 0.577. The maximum absolute atomic E-state index is 2.42. The van der Waals surface area contributed by atoms with E-state index in [2.05, 4.69) is 9.24 Å². The summed E-state index contributed by atoms with van der Waals surface area (Å²) in [4.78, 5) is 0. The van der Waals surface area contributed by atoms with E-state index in [1.807, 2.05) is 6.66 Å². The van der Waals surface area contributed by atoms with Crippen molar-refractivity contribution in [2.45, 2.75) is 59.4 Å². The van der Waals surface area contributed by atoms with Crippen LogP contribution in [-0.2, 0) is 0 Å². The molecule has 0 bridgehead atoms. The lowest BCUT2D eigenvalue weighted by Gasteiger charge is -1.10. The Balaban J connectivity index is -0.000000000179. The molecule has 0 aliphatic heterocycles. The van der Waals surface area contributed by atoms with E-state index in [0.717, 1.165) is 0 Å². The summed E-state index contributed by atoms with van der Waals surface area (Å²) in [6, 6.07) is 0. The van der Waals surface area contributed by atoms with Gasteiger partial charge in [-0.25, -0.2) is 0 Å². The molecule has 0 amide bonds. The fraction of sp³-hybridized carbons (Fsp3) is 1.00. The second kappa shape index (κ2) is 3620. The molecule has 0 saturated carbocycles. The quantitative estimate of drug-likeness (QED) is 0.423. The van der Waals surface area contributed by atoms with Gasteiger partial charge in [0.2, 0.25) is 0 Å². The zero-order chi connectivity index (χ0) is 2.00. The van der Waals surface area contributed by atoms with Gasteiger partial charge in [-0.15, -0.1) is 9.24 Å². The highest BCUT2D eigenvalue weighted by molar-refractivity contribution is 7.15. The van der Waals surface area contributed by atoms with Crippen molar-refractivity contribution in [2.24, 2.45) is 0 Å². The van der Waals surface area contributed by atoms with Crippen LogP contribution in [0.1, 0.15) is 59.4 Å². The molecular formula is C9H37P. The van der Waals surface area contributed by atoms with Crippen LogP contribution in [0.2, 0.25) is 0 Å². The van der Waals surface area contributed by atoms with Gasteiger partial charge in [0.25, 0.3) is 0 Å². The van der Waals surface area contributed by atoms with Crippen molar-refractivity contribution in [3.05, 3.63) is 0 Å². The van der Waals surface area contributed by atoms with Crippen molar-refractivity contribution in [3.8, 4) is 0 Å². The molecule has 0 aromatic carbocycles. The summed E-state index contributed by atoms with van der Waals surface area (Å²) in [5.41, 5.74) is 0. The second-order valence-corrected chi connectivity index (χ2v) is 0. The monoisotopic (exact) mass is 176 g/mol. The van der Waals surface area contributed by atoms with Crippen LogP contribution >= 0.6 is 9.24 Å². The normalized spacial score (nSPS) is 0.600. The predicted octanol–water partition coefficient (Wildman–Crippen LogP) is 5.58. The minimum Gasteiger partial charge on any atom is -0.141 e. The number of hydrogen-bond donors (Lipinski definition) is 0. The minimum atomic E-state index is 0. The molecule has 0 aliphatic carbocycles. The molecule has 0 fully saturated rings. The van der Waals surface area contributed by atoms with Gasteiger partial charge in [-0.05, 0) is 0 Å². The van der Waals surface area contributed by atoms with Gasteiger partial charge in [0.15, 0.2) is 0 Å². The highest BCUT2D eigenvalue weighted by atomic mass is 31.0. The maximum Gasteiger partial charge on any atom is -0.0500 e. The lowest BCUT2D eigenvalue weighted by molar-refractivity contribution is 2.50. The van der Waals surface area contributed by atoms with E-state index in [9.17, 15) is 0 Å². The Hall–Kier alpha value is 0.430. The molecule has 1 heteroatoms. The van der Waals surface area contributed by atoms with Gasteiger partial charge < -0.3 is 0 Å². The van der Waals surface area contributed by atoms with Crippen LogP contribution in [0.3, 0.4) is 0 Å². The summed E-state index contributed by atoms with van der Waals surface area (Å²) in [5, 5.41) is 0. The predicted molar refractivity (Wildman–Crippen MR) is 69.5 cm³/mol. The van der Waals surface area contributed by atoms with Crippen LogP contribution in [0.15, 0.2) is 0 Å². The molecule has 10 heavy (non-hydrogen) atoms. The highest BCUT2D eigenvalue weighted by Crippen LogP contribution is 1.46. The Bertz CT molecular complexity index is 4.69. The van der Waals surface area contributed by atoms with Gasteiger partial charge in [0, 0.05) is 0 Å². The van der Waals surface area contributed by atoms with E-state index < -0.39 is 0 Å². The largest absolute Gasteiger partial charge is 0.141 e. The molecule has 0 rings (SSSR count). The summed E-state index contributed by atoms with van der Waals surface area (Å²) < 4.78 is 0. The average molecular weight is 176 g/mol. The number of rotatable bonds is 0. The molecular weight excluding hydrogens is 139 g/mol. The smallest absolute Gasteiger partial charge is 0.0500 e. The van der Waals surface area contributed by atoms with Crippen LogP contribution in [-0.4, -0.2) is 6.66 Å². The van der Waals surface area contributed by atoms with E-state index in [1.54, 1.807) is 0 Å². The molecule has 1 atom stereocenters. The maximum atomic E-state index is 2.42. The standard InChI is InChI=1S/CH5P.8CH4/c1-2;;;;;;;;/h2H2,1H3;8*1H4. The van der Waals surface area contributed by atoms with Crippen molar-refractivity contribution < 1.29 is 0 Å². The fourth-order valence-corrected chi connectivity index (χ4v) is 0. The SMILES string of the molecule is C.C.C.C.C.C.C.C.CP. The van der Waals surface area contributed by atoms with Gasteiger partial charge in [-0.3, -0.25) is 0 Å². The Kier molecular flexibility index (Phi) is 164000. The van der Waals surface area contributed by atoms with Crippen LogP contribution < -0.4 is 0 Å². The van der Waals surface area contributed by atoms with E-state index in [-0.39, 0.29) is 59.4 Å². The summed E-state index contributed by atoms with van der Waals surface area (Å²) >= 11 is 0. The van der Waals surface area contributed by atoms with E-state index in [1.165, 1.54) is 0 Å². The Morgan fingerprint density at radius 2 is 0.400 bits per heavy atom. The molecule has 0 radical (unpaired) electrons. The number of hydrogen-bond acceptors (Lipinski definition) is 0. The minimum absolute atomic E-state index is 0. The summed E-state index contributed by atoms with van der Waals surface area (Å²) in [5.74, 6) is 0. The first kappa shape index (κ1) is 454. The average Bonchev–Trinajstić information content (AvgIpc) is 1.00. The van der Waals surface area contributed by atoms with E-state index >= 15 is 0 Å². The van der Waals surface area contributed by atoms with Crippen molar-refractivity contribution in [1.29, 1.82) is 0 Å². The topological polar surface area (TPSA) is 0 Å². The van der Waals surface area contributed by atoms with Gasteiger partial charge >= 0.3 is 0 Å².